The van der Waals surface area contributed by atoms with Gasteiger partial charge in [-0.3, -0.25) is 9.59 Å². The Morgan fingerprint density at radius 1 is 1.15 bits per heavy atom. The fourth-order valence-corrected chi connectivity index (χ4v) is 3.09. The number of fused-ring (bicyclic) bond motifs is 1. The molecule has 1 aromatic carbocycles. The normalized spacial score (nSPS) is 21.8. The quantitative estimate of drug-likeness (QED) is 0.841. The molecule has 3 rings (SSSR count). The van der Waals surface area contributed by atoms with Gasteiger partial charge >= 0.3 is 5.97 Å². The first-order valence-corrected chi connectivity index (χ1v) is 6.96. The molecule has 104 valence electrons. The van der Waals surface area contributed by atoms with Crippen molar-refractivity contribution in [3.63, 3.8) is 0 Å². The summed E-state index contributed by atoms with van der Waals surface area (Å²) in [4.78, 5) is 25.7. The molecule has 1 heterocycles. The number of carboxylic acid groups (broad SMARTS) is 1. The summed E-state index contributed by atoms with van der Waals surface area (Å²) in [5.74, 6) is -1.18. The zero-order valence-electron chi connectivity index (χ0n) is 11.2. The number of carbonyl (C=O) groups excluding carboxylic acids is 1. The fraction of sp³-hybridized carbons (Fsp3) is 0.375. The summed E-state index contributed by atoms with van der Waals surface area (Å²) < 4.78 is 0. The lowest BCUT2D eigenvalue weighted by Gasteiger charge is -2.34. The Bertz CT molecular complexity index is 571. The molecule has 4 heteroatoms. The van der Waals surface area contributed by atoms with Crippen molar-refractivity contribution < 1.29 is 14.7 Å². The standard InChI is InChI=1S/C16H17NO3/c18-15(11-5-1-2-6-11)17-10-9-13(16(19)20)12-7-3-4-8-14(12)17/h1-4,7-8,11,13H,5-6,9-10H2,(H,19,20). The Hall–Kier alpha value is -2.10. The maximum absolute atomic E-state index is 12.6. The van der Waals surface area contributed by atoms with E-state index in [0.717, 1.165) is 24.1 Å². The van der Waals surface area contributed by atoms with E-state index in [2.05, 4.69) is 0 Å². The Morgan fingerprint density at radius 3 is 2.55 bits per heavy atom. The van der Waals surface area contributed by atoms with E-state index < -0.39 is 11.9 Å². The van der Waals surface area contributed by atoms with E-state index in [1.165, 1.54) is 0 Å². The average Bonchev–Trinajstić information content (AvgIpc) is 2.99. The average molecular weight is 271 g/mol. The lowest BCUT2D eigenvalue weighted by molar-refractivity contribution is -0.139. The predicted octanol–water partition coefficient (Wildman–Crippen LogP) is 2.56. The van der Waals surface area contributed by atoms with Crippen molar-refractivity contribution >= 4 is 17.6 Å². The van der Waals surface area contributed by atoms with Gasteiger partial charge in [-0.25, -0.2) is 0 Å². The topological polar surface area (TPSA) is 57.6 Å². The van der Waals surface area contributed by atoms with Crippen LogP contribution in [0.1, 0.15) is 30.7 Å². The van der Waals surface area contributed by atoms with Gasteiger partial charge in [0, 0.05) is 18.2 Å². The maximum Gasteiger partial charge on any atom is 0.311 e. The van der Waals surface area contributed by atoms with Crippen LogP contribution in [-0.4, -0.2) is 23.5 Å². The molecule has 20 heavy (non-hydrogen) atoms. The number of anilines is 1. The molecule has 1 amide bonds. The lowest BCUT2D eigenvalue weighted by Crippen LogP contribution is -2.41. The van der Waals surface area contributed by atoms with Gasteiger partial charge in [-0.1, -0.05) is 30.4 Å². The van der Waals surface area contributed by atoms with Crippen molar-refractivity contribution in [1.82, 2.24) is 0 Å². The van der Waals surface area contributed by atoms with Gasteiger partial charge in [0.1, 0.15) is 0 Å². The molecule has 0 saturated carbocycles. The van der Waals surface area contributed by atoms with Crippen molar-refractivity contribution in [2.45, 2.75) is 25.2 Å². The van der Waals surface area contributed by atoms with Gasteiger partial charge in [0.05, 0.1) is 5.92 Å². The number of nitrogens with zero attached hydrogens (tertiary/aromatic N) is 1. The minimum absolute atomic E-state index is 0.0180. The minimum Gasteiger partial charge on any atom is -0.481 e. The van der Waals surface area contributed by atoms with Crippen LogP contribution < -0.4 is 4.90 Å². The van der Waals surface area contributed by atoms with E-state index in [1.54, 1.807) is 4.90 Å². The number of carbonyl (C=O) groups is 2. The van der Waals surface area contributed by atoms with Crippen LogP contribution in [0.2, 0.25) is 0 Å². The summed E-state index contributed by atoms with van der Waals surface area (Å²) in [6.45, 7) is 0.489. The van der Waals surface area contributed by atoms with Gasteiger partial charge in [-0.05, 0) is 30.9 Å². The smallest absolute Gasteiger partial charge is 0.311 e. The highest BCUT2D eigenvalue weighted by molar-refractivity contribution is 5.98. The van der Waals surface area contributed by atoms with Crippen LogP contribution >= 0.6 is 0 Å². The third-order valence-electron chi connectivity index (χ3n) is 4.17. The monoisotopic (exact) mass is 271 g/mol. The minimum atomic E-state index is -0.813. The summed E-state index contributed by atoms with van der Waals surface area (Å²) in [5, 5.41) is 9.31. The Kier molecular flexibility index (Phi) is 3.30. The van der Waals surface area contributed by atoms with E-state index in [0.29, 0.717) is 13.0 Å². The summed E-state index contributed by atoms with van der Waals surface area (Å²) >= 11 is 0. The Balaban J connectivity index is 1.92. The number of hydrogen-bond acceptors (Lipinski definition) is 2. The molecule has 1 aromatic rings. The molecular weight excluding hydrogens is 254 g/mol. The van der Waals surface area contributed by atoms with Gasteiger partial charge in [-0.15, -0.1) is 0 Å². The molecule has 1 atom stereocenters. The zero-order chi connectivity index (χ0) is 14.1. The molecular formula is C16H17NO3. The SMILES string of the molecule is O=C(O)C1CCN(C(=O)C2CC=CC2)c2ccccc21. The second-order valence-electron chi connectivity index (χ2n) is 5.37. The molecule has 0 spiro atoms. The van der Waals surface area contributed by atoms with Gasteiger partial charge < -0.3 is 10.0 Å². The summed E-state index contributed by atoms with van der Waals surface area (Å²) in [6, 6.07) is 7.36. The van der Waals surface area contributed by atoms with E-state index >= 15 is 0 Å². The lowest BCUT2D eigenvalue weighted by atomic mass is 9.89. The van der Waals surface area contributed by atoms with E-state index in [-0.39, 0.29) is 11.8 Å². The van der Waals surface area contributed by atoms with Gasteiger partial charge in [0.15, 0.2) is 0 Å². The van der Waals surface area contributed by atoms with Crippen molar-refractivity contribution in [2.75, 3.05) is 11.4 Å². The number of aliphatic carboxylic acids is 1. The van der Waals surface area contributed by atoms with Crippen LogP contribution in [0.3, 0.4) is 0 Å². The van der Waals surface area contributed by atoms with Crippen LogP contribution in [0.5, 0.6) is 0 Å². The van der Waals surface area contributed by atoms with Crippen molar-refractivity contribution in [3.8, 4) is 0 Å². The molecule has 1 N–H and O–H groups in total. The van der Waals surface area contributed by atoms with E-state index in [4.69, 9.17) is 0 Å². The molecule has 1 aliphatic carbocycles. The Morgan fingerprint density at radius 2 is 1.85 bits per heavy atom. The van der Waals surface area contributed by atoms with Gasteiger partial charge in [0.2, 0.25) is 5.91 Å². The third kappa shape index (κ3) is 2.11. The first-order chi connectivity index (χ1) is 9.68. The highest BCUT2D eigenvalue weighted by Gasteiger charge is 2.34. The third-order valence-corrected chi connectivity index (χ3v) is 4.17. The van der Waals surface area contributed by atoms with Crippen LogP contribution in [-0.2, 0) is 9.59 Å². The second kappa shape index (κ2) is 5.12. The molecule has 0 fully saturated rings. The molecule has 1 unspecified atom stereocenters. The molecule has 0 aromatic heterocycles. The van der Waals surface area contributed by atoms with Crippen LogP contribution in [0.25, 0.3) is 0 Å². The highest BCUT2D eigenvalue weighted by atomic mass is 16.4. The van der Waals surface area contributed by atoms with Crippen molar-refractivity contribution in [1.29, 1.82) is 0 Å². The number of rotatable bonds is 2. The maximum atomic E-state index is 12.6. The number of benzene rings is 1. The molecule has 0 saturated heterocycles. The number of amides is 1. The number of allylic oxidation sites excluding steroid dienone is 2. The van der Waals surface area contributed by atoms with Crippen molar-refractivity contribution in [2.24, 2.45) is 5.92 Å². The van der Waals surface area contributed by atoms with E-state index in [9.17, 15) is 14.7 Å². The summed E-state index contributed by atoms with van der Waals surface area (Å²) in [6.07, 6.45) is 6.15. The fourth-order valence-electron chi connectivity index (χ4n) is 3.09. The number of para-hydroxylation sites is 1. The molecule has 2 aliphatic rings. The van der Waals surface area contributed by atoms with Crippen LogP contribution in [0, 0.1) is 5.92 Å². The van der Waals surface area contributed by atoms with Gasteiger partial charge in [0.25, 0.3) is 0 Å². The van der Waals surface area contributed by atoms with Crippen LogP contribution in [0.4, 0.5) is 5.69 Å². The first-order valence-electron chi connectivity index (χ1n) is 6.96. The highest BCUT2D eigenvalue weighted by Crippen LogP contribution is 2.37. The summed E-state index contributed by atoms with van der Waals surface area (Å²) in [7, 11) is 0. The largest absolute Gasteiger partial charge is 0.481 e. The zero-order valence-corrected chi connectivity index (χ0v) is 11.2. The van der Waals surface area contributed by atoms with Crippen LogP contribution in [0.15, 0.2) is 36.4 Å². The molecule has 0 bridgehead atoms. The van der Waals surface area contributed by atoms with Crippen molar-refractivity contribution in [3.05, 3.63) is 42.0 Å². The molecule has 4 nitrogen and oxygen atoms in total. The predicted molar refractivity (Wildman–Crippen MR) is 75.7 cm³/mol. The first kappa shape index (κ1) is 12.9. The second-order valence-corrected chi connectivity index (χ2v) is 5.37. The molecule has 0 radical (unpaired) electrons. The van der Waals surface area contributed by atoms with E-state index in [1.807, 2.05) is 36.4 Å². The number of carboxylic acids is 1. The Labute approximate surface area is 117 Å². The molecule has 1 aliphatic heterocycles. The van der Waals surface area contributed by atoms with Gasteiger partial charge in [-0.2, -0.15) is 0 Å². The number of hydrogen-bond donors (Lipinski definition) is 1. The summed E-state index contributed by atoms with van der Waals surface area (Å²) in [5.41, 5.74) is 1.52.